The number of hydrogen-bond acceptors (Lipinski definition) is 2. The second kappa shape index (κ2) is 6.61. The maximum absolute atomic E-state index is 15.4. The first-order valence-electron chi connectivity index (χ1n) is 8.52. The Morgan fingerprint density at radius 3 is 2.69 bits per heavy atom. The lowest BCUT2D eigenvalue weighted by Crippen LogP contribution is -2.43. The molecular weight excluding hydrogens is 353 g/mol. The average molecular weight is 372 g/mol. The first-order valence-corrected chi connectivity index (χ1v) is 8.90. The van der Waals surface area contributed by atoms with Crippen LogP contribution < -0.4 is 0 Å². The van der Waals surface area contributed by atoms with E-state index in [0.29, 0.717) is 42.4 Å². The van der Waals surface area contributed by atoms with Gasteiger partial charge in [-0.2, -0.15) is 5.10 Å². The largest absolute Gasteiger partial charge is 0.360 e. The minimum Gasteiger partial charge on any atom is -0.360 e. The smallest absolute Gasteiger partial charge is 0.140 e. The summed E-state index contributed by atoms with van der Waals surface area (Å²) < 4.78 is 15.4. The van der Waals surface area contributed by atoms with E-state index in [1.165, 1.54) is 0 Å². The molecule has 26 heavy (non-hydrogen) atoms. The molecule has 1 fully saturated rings. The molecule has 0 unspecified atom stereocenters. The molecule has 1 aliphatic heterocycles. The number of nitrogens with one attached hydrogen (secondary N) is 3. The number of amidine groups is 1. The zero-order chi connectivity index (χ0) is 18.1. The number of hydrogen-bond donors (Lipinski definition) is 3. The molecule has 0 amide bonds. The highest BCUT2D eigenvalue weighted by Gasteiger charge is 2.38. The fourth-order valence-corrected chi connectivity index (χ4v) is 3.76. The van der Waals surface area contributed by atoms with E-state index in [4.69, 9.17) is 17.0 Å². The molecule has 5 nitrogen and oxygen atoms in total. The zero-order valence-electron chi connectivity index (χ0n) is 14.1. The molecule has 1 aromatic carbocycles. The number of aromatic amines is 2. The lowest BCUT2D eigenvalue weighted by atomic mass is 9.86. The van der Waals surface area contributed by atoms with E-state index in [-0.39, 0.29) is 0 Å². The number of alkyl halides is 1. The Morgan fingerprint density at radius 1 is 1.23 bits per heavy atom. The highest BCUT2D eigenvalue weighted by molar-refractivity contribution is 6.31. The Balaban J connectivity index is 1.46. The van der Waals surface area contributed by atoms with Crippen LogP contribution in [0.25, 0.3) is 11.3 Å². The van der Waals surface area contributed by atoms with Gasteiger partial charge in [-0.1, -0.05) is 29.8 Å². The van der Waals surface area contributed by atoms with Crippen molar-refractivity contribution < 1.29 is 4.39 Å². The summed E-state index contributed by atoms with van der Waals surface area (Å²) in [6.45, 7) is 0.958. The summed E-state index contributed by atoms with van der Waals surface area (Å²) in [5, 5.41) is 15.6. The van der Waals surface area contributed by atoms with Crippen LogP contribution in [0.15, 0.2) is 48.9 Å². The van der Waals surface area contributed by atoms with Gasteiger partial charge in [0, 0.05) is 65.7 Å². The van der Waals surface area contributed by atoms with Gasteiger partial charge in [-0.25, -0.2) is 4.39 Å². The molecule has 1 aliphatic rings. The van der Waals surface area contributed by atoms with Crippen LogP contribution in [-0.4, -0.2) is 39.0 Å². The van der Waals surface area contributed by atoms with Gasteiger partial charge >= 0.3 is 0 Å². The minimum atomic E-state index is -1.44. The number of H-pyrrole nitrogens is 2. The number of piperidine rings is 1. The van der Waals surface area contributed by atoms with Gasteiger partial charge in [-0.3, -0.25) is 10.5 Å². The molecule has 0 atom stereocenters. The minimum absolute atomic E-state index is 0.318. The summed E-state index contributed by atoms with van der Waals surface area (Å²) in [4.78, 5) is 5.07. The number of likely N-dealkylation sites (tertiary alicyclic amines) is 1. The van der Waals surface area contributed by atoms with Gasteiger partial charge in [0.05, 0.1) is 6.20 Å². The summed E-state index contributed by atoms with van der Waals surface area (Å²) in [5.74, 6) is 0.400. The zero-order valence-corrected chi connectivity index (χ0v) is 14.9. The Morgan fingerprint density at radius 2 is 2.00 bits per heavy atom. The van der Waals surface area contributed by atoms with E-state index < -0.39 is 5.67 Å². The monoisotopic (exact) mass is 371 g/mol. The Hall–Kier alpha value is -2.60. The van der Waals surface area contributed by atoms with Crippen LogP contribution in [-0.2, 0) is 5.67 Å². The van der Waals surface area contributed by atoms with Crippen molar-refractivity contribution in [1.29, 1.82) is 5.41 Å². The van der Waals surface area contributed by atoms with Gasteiger partial charge in [0.15, 0.2) is 0 Å². The van der Waals surface area contributed by atoms with Crippen LogP contribution in [0.2, 0.25) is 5.02 Å². The molecule has 4 rings (SSSR count). The van der Waals surface area contributed by atoms with E-state index in [1.54, 1.807) is 30.7 Å². The topological polar surface area (TPSA) is 71.6 Å². The highest BCUT2D eigenvalue weighted by Crippen LogP contribution is 2.40. The average Bonchev–Trinajstić information content (AvgIpc) is 3.33. The lowest BCUT2D eigenvalue weighted by molar-refractivity contribution is 0.0828. The summed E-state index contributed by atoms with van der Waals surface area (Å²) in [6, 6.07) is 9.02. The Labute approximate surface area is 155 Å². The molecule has 3 aromatic rings. The van der Waals surface area contributed by atoms with Crippen molar-refractivity contribution in [1.82, 2.24) is 20.1 Å². The standard InChI is InChI=1S/C19H19ClFN5/c20-16-4-2-1-3-15(16)19(21)5-7-26(8-6-19)18(22)13-9-17(23-10-13)14-11-24-25-12-14/h1-4,9-12,22-23H,5-8H2,(H,24,25). The fourth-order valence-electron chi connectivity index (χ4n) is 3.46. The summed E-state index contributed by atoms with van der Waals surface area (Å²) in [5.41, 5.74) is 1.73. The van der Waals surface area contributed by atoms with Crippen LogP contribution in [0.1, 0.15) is 24.0 Å². The van der Waals surface area contributed by atoms with Crippen LogP contribution in [0, 0.1) is 5.41 Å². The van der Waals surface area contributed by atoms with Crippen LogP contribution in [0.5, 0.6) is 0 Å². The third kappa shape index (κ3) is 3.01. The first kappa shape index (κ1) is 16.8. The van der Waals surface area contributed by atoms with E-state index in [9.17, 15) is 0 Å². The van der Waals surface area contributed by atoms with Crippen LogP contribution in [0.4, 0.5) is 4.39 Å². The van der Waals surface area contributed by atoms with Gasteiger partial charge in [0.25, 0.3) is 0 Å². The third-order valence-electron chi connectivity index (χ3n) is 4.99. The molecular formula is C19H19ClFN5. The molecule has 7 heteroatoms. The predicted octanol–water partition coefficient (Wildman–Crippen LogP) is 4.34. The SMILES string of the molecule is N=C(c1c[nH]c(-c2cn[nH]c2)c1)N1CCC(F)(c2ccccc2Cl)CC1. The van der Waals surface area contributed by atoms with Gasteiger partial charge in [0.1, 0.15) is 11.5 Å². The quantitative estimate of drug-likeness (QED) is 0.473. The molecule has 3 heterocycles. The van der Waals surface area contributed by atoms with Crippen molar-refractivity contribution >= 4 is 17.4 Å². The highest BCUT2D eigenvalue weighted by atomic mass is 35.5. The van der Waals surface area contributed by atoms with Crippen molar-refractivity contribution in [3.63, 3.8) is 0 Å². The van der Waals surface area contributed by atoms with E-state index in [0.717, 1.165) is 16.8 Å². The summed E-state index contributed by atoms with van der Waals surface area (Å²) in [6.07, 6.45) is 5.95. The number of nitrogens with zero attached hydrogens (tertiary/aromatic N) is 2. The summed E-state index contributed by atoms with van der Waals surface area (Å²) in [7, 11) is 0. The first-order chi connectivity index (χ1) is 12.6. The molecule has 0 spiro atoms. The Bertz CT molecular complexity index is 910. The van der Waals surface area contributed by atoms with Crippen molar-refractivity contribution in [2.24, 2.45) is 0 Å². The lowest BCUT2D eigenvalue weighted by Gasteiger charge is -2.38. The molecule has 0 radical (unpaired) electrons. The van der Waals surface area contributed by atoms with Crippen molar-refractivity contribution in [3.05, 3.63) is 65.1 Å². The normalized spacial score (nSPS) is 16.6. The van der Waals surface area contributed by atoms with Crippen molar-refractivity contribution in [3.8, 4) is 11.3 Å². The number of aromatic nitrogens is 3. The maximum atomic E-state index is 15.4. The van der Waals surface area contributed by atoms with Gasteiger partial charge in [-0.05, 0) is 12.1 Å². The number of halogens is 2. The fraction of sp³-hybridized carbons (Fsp3) is 0.263. The van der Waals surface area contributed by atoms with Gasteiger partial charge < -0.3 is 9.88 Å². The van der Waals surface area contributed by atoms with E-state index in [2.05, 4.69) is 15.2 Å². The maximum Gasteiger partial charge on any atom is 0.140 e. The van der Waals surface area contributed by atoms with Crippen LogP contribution in [0.3, 0.4) is 0 Å². The third-order valence-corrected chi connectivity index (χ3v) is 5.32. The second-order valence-corrected chi connectivity index (χ2v) is 6.98. The van der Waals surface area contributed by atoms with Gasteiger partial charge in [0.2, 0.25) is 0 Å². The number of rotatable bonds is 3. The Kier molecular flexibility index (Phi) is 4.28. The van der Waals surface area contributed by atoms with E-state index >= 15 is 4.39 Å². The molecule has 2 aromatic heterocycles. The number of benzene rings is 1. The molecule has 0 aliphatic carbocycles. The molecule has 134 valence electrons. The van der Waals surface area contributed by atoms with Crippen molar-refractivity contribution in [2.45, 2.75) is 18.5 Å². The van der Waals surface area contributed by atoms with E-state index in [1.807, 2.05) is 23.1 Å². The summed E-state index contributed by atoms with van der Waals surface area (Å²) >= 11 is 6.19. The molecule has 1 saturated heterocycles. The van der Waals surface area contributed by atoms with Crippen molar-refractivity contribution in [2.75, 3.05) is 13.1 Å². The predicted molar refractivity (Wildman–Crippen MR) is 100 cm³/mol. The van der Waals surface area contributed by atoms with Gasteiger partial charge in [-0.15, -0.1) is 0 Å². The molecule has 0 bridgehead atoms. The molecule has 3 N–H and O–H groups in total. The van der Waals surface area contributed by atoms with Crippen LogP contribution >= 0.6 is 11.6 Å². The molecule has 0 saturated carbocycles. The second-order valence-electron chi connectivity index (χ2n) is 6.57.